The molecule has 0 aromatic heterocycles. The molecule has 1 aromatic rings. The lowest BCUT2D eigenvalue weighted by Gasteiger charge is -2.26. The monoisotopic (exact) mass is 344 g/mol. The summed E-state index contributed by atoms with van der Waals surface area (Å²) in [4.78, 5) is 17.5. The van der Waals surface area contributed by atoms with E-state index in [4.69, 9.17) is 4.74 Å². The number of hydrogen-bond acceptors (Lipinski definition) is 3. The number of ether oxygens (including phenoxy) is 1. The van der Waals surface area contributed by atoms with Gasteiger partial charge in [-0.05, 0) is 24.8 Å². The molecule has 4 nitrogen and oxygen atoms in total. The fourth-order valence-corrected chi connectivity index (χ4v) is 4.29. The summed E-state index contributed by atoms with van der Waals surface area (Å²) in [5, 5.41) is 0. The lowest BCUT2D eigenvalue weighted by Crippen LogP contribution is -2.40. The number of amides is 1. The highest BCUT2D eigenvalue weighted by Gasteiger charge is 2.31. The van der Waals surface area contributed by atoms with Crippen molar-refractivity contribution in [3.05, 3.63) is 35.9 Å². The molecule has 2 fully saturated rings. The van der Waals surface area contributed by atoms with Gasteiger partial charge in [-0.1, -0.05) is 43.2 Å². The van der Waals surface area contributed by atoms with Gasteiger partial charge in [0.2, 0.25) is 5.91 Å². The highest BCUT2D eigenvalue weighted by molar-refractivity contribution is 5.79. The first-order valence-corrected chi connectivity index (χ1v) is 9.80. The molecule has 1 saturated heterocycles. The number of carbonyl (C=O) groups excluding carboxylic acids is 1. The molecule has 1 amide bonds. The van der Waals surface area contributed by atoms with Crippen molar-refractivity contribution >= 4 is 5.91 Å². The molecule has 1 atom stereocenters. The van der Waals surface area contributed by atoms with Crippen LogP contribution in [0.3, 0.4) is 0 Å². The van der Waals surface area contributed by atoms with Gasteiger partial charge in [0.1, 0.15) is 0 Å². The molecule has 3 rings (SSSR count). The second-order valence-electron chi connectivity index (χ2n) is 7.62. The lowest BCUT2D eigenvalue weighted by atomic mass is 10.1. The molecule has 138 valence electrons. The number of rotatable bonds is 6. The maximum atomic E-state index is 12.9. The first-order valence-electron chi connectivity index (χ1n) is 9.80. The zero-order chi connectivity index (χ0) is 17.5. The Hall–Kier alpha value is -1.39. The molecule has 4 heteroatoms. The molecule has 25 heavy (non-hydrogen) atoms. The maximum Gasteiger partial charge on any atom is 0.225 e. The minimum atomic E-state index is 0.277. The van der Waals surface area contributed by atoms with E-state index in [-0.39, 0.29) is 5.92 Å². The third-order valence-electron chi connectivity index (χ3n) is 5.66. The largest absolute Gasteiger partial charge is 0.384 e. The van der Waals surface area contributed by atoms with Gasteiger partial charge in [0.25, 0.3) is 0 Å². The van der Waals surface area contributed by atoms with Crippen molar-refractivity contribution < 1.29 is 9.53 Å². The van der Waals surface area contributed by atoms with Crippen LogP contribution in [-0.4, -0.2) is 62.1 Å². The highest BCUT2D eigenvalue weighted by atomic mass is 16.5. The first-order chi connectivity index (χ1) is 12.3. The van der Waals surface area contributed by atoms with E-state index in [1.54, 1.807) is 7.11 Å². The molecular formula is C21H32N2O2. The van der Waals surface area contributed by atoms with E-state index < -0.39 is 0 Å². The molecule has 1 aliphatic carbocycles. The SMILES string of the molecule is COCC1CN(CCc2ccccc2)CCN(C(=O)C2CCCC2)C1. The van der Waals surface area contributed by atoms with Crippen molar-refractivity contribution in [3.8, 4) is 0 Å². The van der Waals surface area contributed by atoms with Gasteiger partial charge in [0.15, 0.2) is 0 Å². The van der Waals surface area contributed by atoms with Crippen LogP contribution >= 0.6 is 0 Å². The predicted octanol–water partition coefficient (Wildman–Crippen LogP) is 2.83. The van der Waals surface area contributed by atoms with Crippen LogP contribution in [0.15, 0.2) is 30.3 Å². The van der Waals surface area contributed by atoms with Crippen molar-refractivity contribution in [2.24, 2.45) is 11.8 Å². The quantitative estimate of drug-likeness (QED) is 0.795. The molecule has 0 N–H and O–H groups in total. The zero-order valence-electron chi connectivity index (χ0n) is 15.5. The minimum absolute atomic E-state index is 0.277. The van der Waals surface area contributed by atoms with E-state index in [2.05, 4.69) is 40.1 Å². The van der Waals surface area contributed by atoms with Gasteiger partial charge in [-0.3, -0.25) is 4.79 Å². The average molecular weight is 344 g/mol. The summed E-state index contributed by atoms with van der Waals surface area (Å²) in [5.41, 5.74) is 1.38. The summed E-state index contributed by atoms with van der Waals surface area (Å²) in [6.07, 6.45) is 5.67. The van der Waals surface area contributed by atoms with Gasteiger partial charge in [0, 0.05) is 51.7 Å². The molecule has 2 aliphatic rings. The van der Waals surface area contributed by atoms with Crippen LogP contribution in [0.25, 0.3) is 0 Å². The fourth-order valence-electron chi connectivity index (χ4n) is 4.29. The summed E-state index contributed by atoms with van der Waals surface area (Å²) in [6, 6.07) is 10.7. The molecule has 1 aliphatic heterocycles. The van der Waals surface area contributed by atoms with Crippen molar-refractivity contribution in [2.45, 2.75) is 32.1 Å². The van der Waals surface area contributed by atoms with Gasteiger partial charge < -0.3 is 14.5 Å². The van der Waals surface area contributed by atoms with Crippen LogP contribution in [0.1, 0.15) is 31.2 Å². The number of benzene rings is 1. The van der Waals surface area contributed by atoms with Crippen LogP contribution in [0.5, 0.6) is 0 Å². The molecule has 1 aromatic carbocycles. The summed E-state index contributed by atoms with van der Waals surface area (Å²) in [5.74, 6) is 1.08. The summed E-state index contributed by atoms with van der Waals surface area (Å²) in [7, 11) is 1.77. The number of nitrogens with zero attached hydrogens (tertiary/aromatic N) is 2. The lowest BCUT2D eigenvalue weighted by molar-refractivity contribution is -0.135. The Bertz CT molecular complexity index is 528. The van der Waals surface area contributed by atoms with Gasteiger partial charge >= 0.3 is 0 Å². The number of carbonyl (C=O) groups is 1. The third kappa shape index (κ3) is 5.29. The normalized spacial score (nSPS) is 22.9. The van der Waals surface area contributed by atoms with Gasteiger partial charge in [-0.25, -0.2) is 0 Å². The Balaban J connectivity index is 1.58. The first kappa shape index (κ1) is 18.4. The Morgan fingerprint density at radius 3 is 2.60 bits per heavy atom. The molecule has 0 spiro atoms. The molecule has 0 radical (unpaired) electrons. The molecule has 1 heterocycles. The average Bonchev–Trinajstić information content (AvgIpc) is 3.10. The molecular weight excluding hydrogens is 312 g/mol. The van der Waals surface area contributed by atoms with Crippen molar-refractivity contribution in [3.63, 3.8) is 0 Å². The number of methoxy groups -OCH3 is 1. The summed E-state index contributed by atoms with van der Waals surface area (Å²) in [6.45, 7) is 5.50. The molecule has 1 unspecified atom stereocenters. The third-order valence-corrected chi connectivity index (χ3v) is 5.66. The van der Waals surface area contributed by atoms with Crippen LogP contribution in [0.2, 0.25) is 0 Å². The summed E-state index contributed by atoms with van der Waals surface area (Å²) >= 11 is 0. The van der Waals surface area contributed by atoms with E-state index in [0.717, 1.165) is 58.6 Å². The predicted molar refractivity (Wildman–Crippen MR) is 100 cm³/mol. The Morgan fingerprint density at radius 1 is 1.12 bits per heavy atom. The second kappa shape index (κ2) is 9.35. The van der Waals surface area contributed by atoms with Crippen molar-refractivity contribution in [2.75, 3.05) is 46.4 Å². The van der Waals surface area contributed by atoms with Crippen molar-refractivity contribution in [1.29, 1.82) is 0 Å². The minimum Gasteiger partial charge on any atom is -0.384 e. The van der Waals surface area contributed by atoms with E-state index in [1.807, 2.05) is 0 Å². The molecule has 1 saturated carbocycles. The van der Waals surface area contributed by atoms with Gasteiger partial charge in [-0.15, -0.1) is 0 Å². The van der Waals surface area contributed by atoms with Crippen LogP contribution in [-0.2, 0) is 16.0 Å². The van der Waals surface area contributed by atoms with Crippen LogP contribution in [0, 0.1) is 11.8 Å². The van der Waals surface area contributed by atoms with E-state index in [0.29, 0.717) is 11.8 Å². The maximum absolute atomic E-state index is 12.9. The molecule has 0 bridgehead atoms. The fraction of sp³-hybridized carbons (Fsp3) is 0.667. The van der Waals surface area contributed by atoms with E-state index in [9.17, 15) is 4.79 Å². The summed E-state index contributed by atoms with van der Waals surface area (Å²) < 4.78 is 5.44. The van der Waals surface area contributed by atoms with Crippen LogP contribution in [0.4, 0.5) is 0 Å². The van der Waals surface area contributed by atoms with E-state index >= 15 is 0 Å². The number of hydrogen-bond donors (Lipinski definition) is 0. The van der Waals surface area contributed by atoms with Gasteiger partial charge in [0.05, 0.1) is 6.61 Å². The van der Waals surface area contributed by atoms with Gasteiger partial charge in [-0.2, -0.15) is 0 Å². The Labute approximate surface area is 152 Å². The standard InChI is InChI=1S/C21H32N2O2/c1-25-17-19-15-22(12-11-18-7-3-2-4-8-18)13-14-23(16-19)21(24)20-9-5-6-10-20/h2-4,7-8,19-20H,5-6,9-17H2,1H3. The Kier molecular flexibility index (Phi) is 6.88. The highest BCUT2D eigenvalue weighted by Crippen LogP contribution is 2.27. The Morgan fingerprint density at radius 2 is 1.88 bits per heavy atom. The van der Waals surface area contributed by atoms with E-state index in [1.165, 1.54) is 18.4 Å². The van der Waals surface area contributed by atoms with Crippen molar-refractivity contribution in [1.82, 2.24) is 9.80 Å². The second-order valence-corrected chi connectivity index (χ2v) is 7.62. The smallest absolute Gasteiger partial charge is 0.225 e. The topological polar surface area (TPSA) is 32.8 Å². The zero-order valence-corrected chi connectivity index (χ0v) is 15.5. The van der Waals surface area contributed by atoms with Crippen LogP contribution < -0.4 is 0 Å².